The van der Waals surface area contributed by atoms with E-state index in [-0.39, 0.29) is 49.0 Å². The molecule has 2 heterocycles. The minimum Gasteiger partial charge on any atom is -0.421 e. The van der Waals surface area contributed by atoms with E-state index in [4.69, 9.17) is 9.84 Å². The van der Waals surface area contributed by atoms with Crippen molar-refractivity contribution < 1.29 is 27.8 Å². The van der Waals surface area contributed by atoms with Crippen LogP contribution in [0.4, 0.5) is 13.2 Å². The first-order valence-electron chi connectivity index (χ1n) is 10.6. The minimum absolute atomic E-state index is 0.000371. The lowest BCUT2D eigenvalue weighted by Crippen LogP contribution is -2.39. The molecule has 0 radical (unpaired) electrons. The van der Waals surface area contributed by atoms with Crippen molar-refractivity contribution in [1.82, 2.24) is 18.7 Å². The number of alkyl halides is 3. The number of benzene rings is 2. The third kappa shape index (κ3) is 5.06. The van der Waals surface area contributed by atoms with Gasteiger partial charge in [0.1, 0.15) is 0 Å². The molecule has 0 aliphatic rings. The van der Waals surface area contributed by atoms with E-state index < -0.39 is 23.4 Å². The number of imidazole rings is 1. The van der Waals surface area contributed by atoms with E-state index in [2.05, 4.69) is 9.72 Å². The zero-order valence-electron chi connectivity index (χ0n) is 18.5. The van der Waals surface area contributed by atoms with E-state index in [1.54, 1.807) is 24.3 Å². The van der Waals surface area contributed by atoms with Crippen LogP contribution < -0.4 is 20.7 Å². The van der Waals surface area contributed by atoms with Gasteiger partial charge in [0, 0.05) is 20.2 Å². The molecule has 35 heavy (non-hydrogen) atoms. The fourth-order valence-electron chi connectivity index (χ4n) is 3.61. The van der Waals surface area contributed by atoms with Gasteiger partial charge in [-0.2, -0.15) is 4.98 Å². The summed E-state index contributed by atoms with van der Waals surface area (Å²) in [7, 11) is 1.42. The third-order valence-corrected chi connectivity index (χ3v) is 5.20. The van der Waals surface area contributed by atoms with Crippen LogP contribution in [-0.4, -0.2) is 36.8 Å². The van der Waals surface area contributed by atoms with Crippen LogP contribution in [0.5, 0.6) is 17.5 Å². The molecule has 184 valence electrons. The monoisotopic (exact) mass is 490 g/mol. The zero-order valence-corrected chi connectivity index (χ0v) is 18.5. The predicted octanol–water partition coefficient (Wildman–Crippen LogP) is 3.02. The normalized spacial score (nSPS) is 11.7. The van der Waals surface area contributed by atoms with Crippen LogP contribution in [0, 0.1) is 0 Å². The smallest absolute Gasteiger partial charge is 0.421 e. The Morgan fingerprint density at radius 3 is 2.29 bits per heavy atom. The molecule has 9 nitrogen and oxygen atoms in total. The number of ether oxygens (including phenoxy) is 2. The van der Waals surface area contributed by atoms with Crippen LogP contribution in [0.15, 0.2) is 64.2 Å². The van der Waals surface area contributed by atoms with E-state index in [9.17, 15) is 22.8 Å². The maximum Gasteiger partial charge on any atom is 0.573 e. The highest BCUT2D eigenvalue weighted by molar-refractivity contribution is 5.72. The average molecular weight is 490 g/mol. The number of aliphatic hydroxyl groups excluding tert-OH is 1. The van der Waals surface area contributed by atoms with Crippen molar-refractivity contribution in [2.75, 3.05) is 6.61 Å². The van der Waals surface area contributed by atoms with E-state index in [0.717, 1.165) is 20.8 Å². The molecular weight excluding hydrogens is 469 g/mol. The van der Waals surface area contributed by atoms with E-state index in [1.165, 1.54) is 29.8 Å². The van der Waals surface area contributed by atoms with Gasteiger partial charge in [-0.15, -0.1) is 13.2 Å². The lowest BCUT2D eigenvalue weighted by atomic mass is 10.2. The summed E-state index contributed by atoms with van der Waals surface area (Å²) in [5, 5.41) is 9.16. The average Bonchev–Trinajstić information content (AvgIpc) is 3.17. The van der Waals surface area contributed by atoms with Gasteiger partial charge in [-0.05, 0) is 24.1 Å². The van der Waals surface area contributed by atoms with Crippen molar-refractivity contribution in [3.63, 3.8) is 0 Å². The van der Waals surface area contributed by atoms with Gasteiger partial charge in [0.2, 0.25) is 0 Å². The molecule has 0 fully saturated rings. The minimum atomic E-state index is -4.95. The molecule has 0 aliphatic heterocycles. The fourth-order valence-corrected chi connectivity index (χ4v) is 3.61. The standard InChI is InChI=1S/C23H21F3N4O5/c1-28-19-18(20(32)29(22(28)33)12-7-13-31)30(14-15-8-3-2-4-9-15)21(27-19)34-16-10-5-6-11-17(16)35-23(24,25)26/h2-6,8-11,31H,7,12-14H2,1H3. The number of halogens is 3. The first kappa shape index (κ1) is 24.1. The van der Waals surface area contributed by atoms with Gasteiger partial charge in [-0.25, -0.2) is 4.79 Å². The number of fused-ring (bicyclic) bond motifs is 1. The fraction of sp³-hybridized carbons (Fsp3) is 0.261. The third-order valence-electron chi connectivity index (χ3n) is 5.20. The molecular formula is C23H21F3N4O5. The first-order valence-corrected chi connectivity index (χ1v) is 10.6. The Morgan fingerprint density at radius 2 is 1.63 bits per heavy atom. The maximum atomic E-state index is 13.3. The highest BCUT2D eigenvalue weighted by Crippen LogP contribution is 2.35. The van der Waals surface area contributed by atoms with Gasteiger partial charge >= 0.3 is 18.1 Å². The molecule has 0 spiro atoms. The van der Waals surface area contributed by atoms with E-state index in [0.29, 0.717) is 0 Å². The van der Waals surface area contributed by atoms with Crippen molar-refractivity contribution in [1.29, 1.82) is 0 Å². The molecule has 1 N–H and O–H groups in total. The summed E-state index contributed by atoms with van der Waals surface area (Å²) in [6.45, 7) is -0.156. The highest BCUT2D eigenvalue weighted by atomic mass is 19.4. The van der Waals surface area contributed by atoms with Crippen LogP contribution in [0.1, 0.15) is 12.0 Å². The number of aromatic nitrogens is 4. The number of hydrogen-bond donors (Lipinski definition) is 1. The molecule has 0 saturated heterocycles. The van der Waals surface area contributed by atoms with Gasteiger partial charge in [0.25, 0.3) is 5.56 Å². The van der Waals surface area contributed by atoms with Crippen LogP contribution in [0.2, 0.25) is 0 Å². The SMILES string of the molecule is Cn1c(=O)n(CCCO)c(=O)c2c1nc(Oc1ccccc1OC(F)(F)F)n2Cc1ccccc1. The Balaban J connectivity index is 1.92. The predicted molar refractivity (Wildman–Crippen MR) is 120 cm³/mol. The first-order chi connectivity index (χ1) is 16.7. The van der Waals surface area contributed by atoms with Gasteiger partial charge in [-0.3, -0.25) is 18.5 Å². The molecule has 2 aromatic heterocycles. The van der Waals surface area contributed by atoms with Gasteiger partial charge in [0.05, 0.1) is 6.54 Å². The lowest BCUT2D eigenvalue weighted by Gasteiger charge is -2.14. The lowest BCUT2D eigenvalue weighted by molar-refractivity contribution is -0.275. The molecule has 0 unspecified atom stereocenters. The van der Waals surface area contributed by atoms with E-state index in [1.807, 2.05) is 6.07 Å². The number of hydrogen-bond acceptors (Lipinski definition) is 6. The second kappa shape index (κ2) is 9.66. The number of rotatable bonds is 8. The summed E-state index contributed by atoms with van der Waals surface area (Å²) in [6.07, 6.45) is -4.77. The summed E-state index contributed by atoms with van der Waals surface area (Å²) in [4.78, 5) is 30.4. The van der Waals surface area contributed by atoms with Gasteiger partial charge in [0.15, 0.2) is 22.7 Å². The van der Waals surface area contributed by atoms with Crippen LogP contribution in [0.3, 0.4) is 0 Å². The molecule has 0 saturated carbocycles. The Kier molecular flexibility index (Phi) is 6.65. The summed E-state index contributed by atoms with van der Waals surface area (Å²) >= 11 is 0. The summed E-state index contributed by atoms with van der Waals surface area (Å²) in [5.41, 5.74) is -0.521. The van der Waals surface area contributed by atoms with Crippen molar-refractivity contribution in [2.45, 2.75) is 25.9 Å². The second-order valence-corrected chi connectivity index (χ2v) is 7.61. The number of aryl methyl sites for hydroxylation is 1. The molecule has 0 atom stereocenters. The molecule has 2 aromatic carbocycles. The summed E-state index contributed by atoms with van der Waals surface area (Å²) in [5.74, 6) is -0.868. The number of aliphatic hydroxyl groups is 1. The maximum absolute atomic E-state index is 13.3. The molecule has 4 rings (SSSR count). The topological polar surface area (TPSA) is 101 Å². The summed E-state index contributed by atoms with van der Waals surface area (Å²) < 4.78 is 52.0. The Labute approximate surface area is 196 Å². The van der Waals surface area contributed by atoms with Crippen LogP contribution in [0.25, 0.3) is 11.2 Å². The summed E-state index contributed by atoms with van der Waals surface area (Å²) in [6, 6.07) is 13.9. The van der Waals surface area contributed by atoms with Gasteiger partial charge in [-0.1, -0.05) is 42.5 Å². The molecule has 0 bridgehead atoms. The van der Waals surface area contributed by atoms with E-state index >= 15 is 0 Å². The van der Waals surface area contributed by atoms with Gasteiger partial charge < -0.3 is 14.6 Å². The largest absolute Gasteiger partial charge is 0.573 e. The van der Waals surface area contributed by atoms with Crippen molar-refractivity contribution in [2.24, 2.45) is 7.05 Å². The quantitative estimate of drug-likeness (QED) is 0.408. The molecule has 4 aromatic rings. The highest BCUT2D eigenvalue weighted by Gasteiger charge is 2.33. The number of nitrogens with zero attached hydrogens (tertiary/aromatic N) is 4. The zero-order chi connectivity index (χ0) is 25.2. The van der Waals surface area contributed by atoms with Crippen molar-refractivity contribution >= 4 is 11.2 Å². The Hall–Kier alpha value is -4.06. The van der Waals surface area contributed by atoms with Crippen molar-refractivity contribution in [3.8, 4) is 17.5 Å². The number of para-hydroxylation sites is 2. The van der Waals surface area contributed by atoms with Crippen molar-refractivity contribution in [3.05, 3.63) is 81.0 Å². The molecule has 0 aliphatic carbocycles. The Bertz CT molecular complexity index is 1460. The van der Waals surface area contributed by atoms with Crippen LogP contribution in [-0.2, 0) is 20.1 Å². The molecule has 12 heteroatoms. The van der Waals surface area contributed by atoms with Crippen LogP contribution >= 0.6 is 0 Å². The second-order valence-electron chi connectivity index (χ2n) is 7.61. The molecule has 0 amide bonds. The Morgan fingerprint density at radius 1 is 0.971 bits per heavy atom.